The zero-order valence-electron chi connectivity index (χ0n) is 13.2. The smallest absolute Gasteiger partial charge is 0.324 e. The van der Waals surface area contributed by atoms with E-state index in [4.69, 9.17) is 0 Å². The molecule has 20 heavy (non-hydrogen) atoms. The highest BCUT2D eigenvalue weighted by molar-refractivity contribution is 6.37. The highest BCUT2D eigenvalue weighted by Crippen LogP contribution is 2.05. The molecule has 0 saturated carbocycles. The van der Waals surface area contributed by atoms with E-state index < -0.39 is 17.8 Å². The number of hydrogen-bond acceptors (Lipinski definition) is 3. The molecule has 0 spiro atoms. The Hall–Kier alpha value is -1.59. The standard InChI is InChI=1S/C14H27N3O3/c1-6-8-9-15-14(20)17(11(5)7-2)13(19)12(18)16-10(3)4/h10-11H,6-9H2,1-5H3,(H,15,20)(H,16,18). The van der Waals surface area contributed by atoms with Gasteiger partial charge in [0.05, 0.1) is 0 Å². The Morgan fingerprint density at radius 3 is 2.15 bits per heavy atom. The van der Waals surface area contributed by atoms with Gasteiger partial charge >= 0.3 is 17.8 Å². The van der Waals surface area contributed by atoms with Crippen molar-refractivity contribution in [3.05, 3.63) is 0 Å². The first-order valence-electron chi connectivity index (χ1n) is 7.26. The second-order valence-corrected chi connectivity index (χ2v) is 5.15. The fourth-order valence-corrected chi connectivity index (χ4v) is 1.57. The molecule has 116 valence electrons. The maximum atomic E-state index is 12.1. The number of rotatable bonds is 6. The van der Waals surface area contributed by atoms with Crippen LogP contribution in [0.3, 0.4) is 0 Å². The van der Waals surface area contributed by atoms with Crippen LogP contribution in [0.1, 0.15) is 53.9 Å². The first-order valence-corrected chi connectivity index (χ1v) is 7.26. The Kier molecular flexibility index (Phi) is 8.59. The van der Waals surface area contributed by atoms with E-state index in [0.717, 1.165) is 17.7 Å². The Morgan fingerprint density at radius 2 is 1.70 bits per heavy atom. The summed E-state index contributed by atoms with van der Waals surface area (Å²) in [5.41, 5.74) is 0. The molecule has 4 amide bonds. The molecule has 2 N–H and O–H groups in total. The van der Waals surface area contributed by atoms with Gasteiger partial charge in [-0.2, -0.15) is 0 Å². The normalized spacial score (nSPS) is 11.9. The fraction of sp³-hybridized carbons (Fsp3) is 0.786. The summed E-state index contributed by atoms with van der Waals surface area (Å²) in [5.74, 6) is -1.55. The molecular weight excluding hydrogens is 258 g/mol. The van der Waals surface area contributed by atoms with Crippen molar-refractivity contribution in [3.63, 3.8) is 0 Å². The van der Waals surface area contributed by atoms with E-state index in [1.54, 1.807) is 20.8 Å². The summed E-state index contributed by atoms with van der Waals surface area (Å²) in [7, 11) is 0. The van der Waals surface area contributed by atoms with Crippen molar-refractivity contribution >= 4 is 17.8 Å². The van der Waals surface area contributed by atoms with Crippen LogP contribution in [0.5, 0.6) is 0 Å². The zero-order chi connectivity index (χ0) is 15.7. The van der Waals surface area contributed by atoms with Crippen molar-refractivity contribution in [3.8, 4) is 0 Å². The molecule has 0 bridgehead atoms. The third-order valence-electron chi connectivity index (χ3n) is 2.89. The summed E-state index contributed by atoms with van der Waals surface area (Å²) in [6, 6.07) is -0.966. The van der Waals surface area contributed by atoms with Crippen molar-refractivity contribution in [2.75, 3.05) is 6.54 Å². The van der Waals surface area contributed by atoms with Crippen molar-refractivity contribution in [2.45, 2.75) is 66.0 Å². The number of urea groups is 1. The topological polar surface area (TPSA) is 78.5 Å². The monoisotopic (exact) mass is 285 g/mol. The Labute approximate surface area is 121 Å². The minimum Gasteiger partial charge on any atom is -0.346 e. The number of amides is 4. The maximum absolute atomic E-state index is 12.1. The predicted octanol–water partition coefficient (Wildman–Crippen LogP) is 1.65. The van der Waals surface area contributed by atoms with Gasteiger partial charge in [-0.25, -0.2) is 4.79 Å². The molecular formula is C14H27N3O3. The second kappa shape index (κ2) is 9.34. The number of unbranched alkanes of at least 4 members (excludes halogenated alkanes) is 1. The fourth-order valence-electron chi connectivity index (χ4n) is 1.57. The molecule has 0 aliphatic heterocycles. The van der Waals surface area contributed by atoms with Crippen LogP contribution in [0.15, 0.2) is 0 Å². The lowest BCUT2D eigenvalue weighted by Crippen LogP contribution is -2.54. The van der Waals surface area contributed by atoms with Gasteiger partial charge in [-0.05, 0) is 33.6 Å². The molecule has 6 heteroatoms. The number of carbonyl (C=O) groups is 3. The molecule has 0 fully saturated rings. The van der Waals surface area contributed by atoms with Crippen molar-refractivity contribution in [1.82, 2.24) is 15.5 Å². The molecule has 0 aromatic rings. The van der Waals surface area contributed by atoms with Crippen LogP contribution in [0.2, 0.25) is 0 Å². The van der Waals surface area contributed by atoms with Crippen LogP contribution in [-0.4, -0.2) is 41.4 Å². The molecule has 0 aromatic carbocycles. The van der Waals surface area contributed by atoms with Crippen LogP contribution in [0, 0.1) is 0 Å². The number of carbonyl (C=O) groups excluding carboxylic acids is 3. The molecule has 0 radical (unpaired) electrons. The predicted molar refractivity (Wildman–Crippen MR) is 78.2 cm³/mol. The number of hydrogen-bond donors (Lipinski definition) is 2. The lowest BCUT2D eigenvalue weighted by Gasteiger charge is -2.26. The van der Waals surface area contributed by atoms with Gasteiger partial charge in [0.2, 0.25) is 0 Å². The molecule has 1 unspecified atom stereocenters. The summed E-state index contributed by atoms with van der Waals surface area (Å²) in [4.78, 5) is 36.9. The van der Waals surface area contributed by atoms with Crippen LogP contribution in [-0.2, 0) is 9.59 Å². The molecule has 1 atom stereocenters. The van der Waals surface area contributed by atoms with E-state index >= 15 is 0 Å². The second-order valence-electron chi connectivity index (χ2n) is 5.15. The highest BCUT2D eigenvalue weighted by atomic mass is 16.2. The molecule has 0 aliphatic rings. The van der Waals surface area contributed by atoms with Crippen LogP contribution in [0.25, 0.3) is 0 Å². The third kappa shape index (κ3) is 6.04. The summed E-state index contributed by atoms with van der Waals surface area (Å²) in [6.45, 7) is 9.66. The molecule has 0 aromatic heterocycles. The van der Waals surface area contributed by atoms with E-state index in [-0.39, 0.29) is 12.1 Å². The largest absolute Gasteiger partial charge is 0.346 e. The average Bonchev–Trinajstić information content (AvgIpc) is 2.38. The summed E-state index contributed by atoms with van der Waals surface area (Å²) < 4.78 is 0. The van der Waals surface area contributed by atoms with Gasteiger partial charge < -0.3 is 10.6 Å². The molecule has 0 rings (SSSR count). The molecule has 6 nitrogen and oxygen atoms in total. The average molecular weight is 285 g/mol. The number of nitrogens with zero attached hydrogens (tertiary/aromatic N) is 1. The zero-order valence-corrected chi connectivity index (χ0v) is 13.2. The Bertz CT molecular complexity index is 343. The summed E-state index contributed by atoms with van der Waals surface area (Å²) in [6.07, 6.45) is 2.39. The van der Waals surface area contributed by atoms with E-state index in [9.17, 15) is 14.4 Å². The van der Waals surface area contributed by atoms with Crippen LogP contribution < -0.4 is 10.6 Å². The quantitative estimate of drug-likeness (QED) is 0.575. The Morgan fingerprint density at radius 1 is 1.10 bits per heavy atom. The molecule has 0 aliphatic carbocycles. The molecule has 0 heterocycles. The first kappa shape index (κ1) is 18.4. The lowest BCUT2D eigenvalue weighted by atomic mass is 10.2. The van der Waals surface area contributed by atoms with E-state index in [1.807, 2.05) is 13.8 Å². The van der Waals surface area contributed by atoms with E-state index in [0.29, 0.717) is 13.0 Å². The third-order valence-corrected chi connectivity index (χ3v) is 2.89. The van der Waals surface area contributed by atoms with Crippen LogP contribution >= 0.6 is 0 Å². The number of nitrogens with one attached hydrogen (secondary N) is 2. The van der Waals surface area contributed by atoms with Gasteiger partial charge in [-0.3, -0.25) is 14.5 Å². The van der Waals surface area contributed by atoms with Gasteiger partial charge in [0.15, 0.2) is 0 Å². The minimum atomic E-state index is -0.804. The summed E-state index contributed by atoms with van der Waals surface area (Å²) in [5, 5.41) is 5.19. The van der Waals surface area contributed by atoms with Gasteiger partial charge in [0.1, 0.15) is 0 Å². The SMILES string of the molecule is CCCCNC(=O)N(C(=O)C(=O)NC(C)C)C(C)CC. The Balaban J connectivity index is 4.82. The maximum Gasteiger partial charge on any atom is 0.324 e. The van der Waals surface area contributed by atoms with E-state index in [1.165, 1.54) is 0 Å². The van der Waals surface area contributed by atoms with Gasteiger partial charge in [0.25, 0.3) is 0 Å². The van der Waals surface area contributed by atoms with Crippen molar-refractivity contribution in [1.29, 1.82) is 0 Å². The van der Waals surface area contributed by atoms with Gasteiger partial charge in [0, 0.05) is 18.6 Å². The molecule has 0 saturated heterocycles. The minimum absolute atomic E-state index is 0.145. The van der Waals surface area contributed by atoms with Crippen LogP contribution in [0.4, 0.5) is 4.79 Å². The lowest BCUT2D eigenvalue weighted by molar-refractivity contribution is -0.145. The van der Waals surface area contributed by atoms with Crippen molar-refractivity contribution in [2.24, 2.45) is 0 Å². The first-order chi connectivity index (χ1) is 9.34. The van der Waals surface area contributed by atoms with Crippen molar-refractivity contribution < 1.29 is 14.4 Å². The van der Waals surface area contributed by atoms with E-state index in [2.05, 4.69) is 10.6 Å². The summed E-state index contributed by atoms with van der Waals surface area (Å²) >= 11 is 0. The number of imide groups is 1. The highest BCUT2D eigenvalue weighted by Gasteiger charge is 2.30. The van der Waals surface area contributed by atoms with Gasteiger partial charge in [-0.15, -0.1) is 0 Å². The van der Waals surface area contributed by atoms with Gasteiger partial charge in [-0.1, -0.05) is 20.3 Å².